The maximum Gasteiger partial charge on any atom is 0.270 e. The third-order valence-electron chi connectivity index (χ3n) is 4.11. The average molecular weight is 434 g/mol. The topological polar surface area (TPSA) is 118 Å². The minimum Gasteiger partial charge on any atom is -0.494 e. The summed E-state index contributed by atoms with van der Waals surface area (Å²) in [5.74, 6) is 0.132. The lowest BCUT2D eigenvalue weighted by atomic mass is 10.1. The Bertz CT molecular complexity index is 1160. The molecule has 8 nitrogen and oxygen atoms in total. The van der Waals surface area contributed by atoms with Gasteiger partial charge in [-0.05, 0) is 30.2 Å². The summed E-state index contributed by atoms with van der Waals surface area (Å²) in [4.78, 5) is 27.3. The number of nitrogens with one attached hydrogen (secondary N) is 1. The second-order valence-corrected chi connectivity index (χ2v) is 7.24. The van der Waals surface area contributed by atoms with Gasteiger partial charge in [0.2, 0.25) is 0 Å². The number of amides is 1. The minimum atomic E-state index is -0.589. The number of benzene rings is 2. The Morgan fingerprint density at radius 1 is 1.32 bits per heavy atom. The largest absolute Gasteiger partial charge is 0.494 e. The van der Waals surface area contributed by atoms with Crippen LogP contribution in [0.1, 0.15) is 18.9 Å². The van der Waals surface area contributed by atoms with E-state index < -0.39 is 10.8 Å². The number of nitro groups is 1. The molecule has 0 saturated carbocycles. The lowest BCUT2D eigenvalue weighted by Gasteiger charge is -2.04. The maximum absolute atomic E-state index is 12.5. The van der Waals surface area contributed by atoms with E-state index in [0.717, 1.165) is 23.5 Å². The standard InChI is InChI=1S/C22H18N4O4S/c1-2-10-30-19-8-6-15(7-9-19)11-17(13-23)21(27)25-22-24-20(14-31-22)16-4-3-5-18(12-16)26(28)29/h3-9,11-12,14H,2,10H2,1H3,(H,24,25,27)/b17-11+. The molecule has 0 saturated heterocycles. The zero-order chi connectivity index (χ0) is 22.2. The zero-order valence-corrected chi connectivity index (χ0v) is 17.4. The van der Waals surface area contributed by atoms with Crippen LogP contribution < -0.4 is 10.1 Å². The van der Waals surface area contributed by atoms with Gasteiger partial charge in [0, 0.05) is 23.1 Å². The van der Waals surface area contributed by atoms with Crippen molar-refractivity contribution >= 4 is 34.1 Å². The third-order valence-corrected chi connectivity index (χ3v) is 4.86. The van der Waals surface area contributed by atoms with Crippen LogP contribution in [0.5, 0.6) is 5.75 Å². The van der Waals surface area contributed by atoms with E-state index in [0.29, 0.717) is 23.4 Å². The van der Waals surface area contributed by atoms with Crippen LogP contribution in [0.25, 0.3) is 17.3 Å². The summed E-state index contributed by atoms with van der Waals surface area (Å²) in [7, 11) is 0. The van der Waals surface area contributed by atoms with Gasteiger partial charge in [0.1, 0.15) is 17.4 Å². The highest BCUT2D eigenvalue weighted by Crippen LogP contribution is 2.27. The van der Waals surface area contributed by atoms with Crippen molar-refractivity contribution in [3.63, 3.8) is 0 Å². The molecule has 0 atom stereocenters. The highest BCUT2D eigenvalue weighted by atomic mass is 32.1. The maximum atomic E-state index is 12.5. The molecule has 31 heavy (non-hydrogen) atoms. The van der Waals surface area contributed by atoms with Crippen LogP contribution in [0.4, 0.5) is 10.8 Å². The van der Waals surface area contributed by atoms with E-state index in [4.69, 9.17) is 4.74 Å². The molecular weight excluding hydrogens is 416 g/mol. The Kier molecular flexibility index (Phi) is 7.09. The van der Waals surface area contributed by atoms with Crippen LogP contribution in [0, 0.1) is 21.4 Å². The van der Waals surface area contributed by atoms with Gasteiger partial charge >= 0.3 is 0 Å². The quantitative estimate of drug-likeness (QED) is 0.229. The third kappa shape index (κ3) is 5.74. The number of thiazole rings is 1. The minimum absolute atomic E-state index is 0.0445. The molecule has 0 aliphatic rings. The Morgan fingerprint density at radius 3 is 2.77 bits per heavy atom. The van der Waals surface area contributed by atoms with Crippen molar-refractivity contribution in [3.05, 3.63) is 75.2 Å². The van der Waals surface area contributed by atoms with Gasteiger partial charge in [0.05, 0.1) is 17.2 Å². The lowest BCUT2D eigenvalue weighted by molar-refractivity contribution is -0.384. The van der Waals surface area contributed by atoms with Crippen LogP contribution in [-0.4, -0.2) is 22.4 Å². The number of nitro benzene ring substituents is 1. The number of nitriles is 1. The number of aromatic nitrogens is 1. The molecule has 0 radical (unpaired) electrons. The van der Waals surface area contributed by atoms with Gasteiger partial charge in [-0.2, -0.15) is 5.26 Å². The fourth-order valence-electron chi connectivity index (χ4n) is 2.60. The Hall–Kier alpha value is -4.03. The second-order valence-electron chi connectivity index (χ2n) is 6.39. The average Bonchev–Trinajstić information content (AvgIpc) is 3.25. The molecule has 0 fully saturated rings. The first kappa shape index (κ1) is 21.7. The van der Waals surface area contributed by atoms with Crippen LogP contribution in [0.3, 0.4) is 0 Å². The summed E-state index contributed by atoms with van der Waals surface area (Å²) in [6.07, 6.45) is 2.38. The molecule has 3 aromatic rings. The van der Waals surface area contributed by atoms with Gasteiger partial charge in [-0.15, -0.1) is 11.3 Å². The number of hydrogen-bond acceptors (Lipinski definition) is 7. The first-order chi connectivity index (χ1) is 15.0. The van der Waals surface area contributed by atoms with E-state index in [1.165, 1.54) is 18.2 Å². The van der Waals surface area contributed by atoms with Crippen LogP contribution in [0.2, 0.25) is 0 Å². The monoisotopic (exact) mass is 434 g/mol. The van der Waals surface area contributed by atoms with Crippen molar-refractivity contribution in [2.45, 2.75) is 13.3 Å². The number of rotatable bonds is 8. The molecule has 2 aromatic carbocycles. The van der Waals surface area contributed by atoms with Gasteiger partial charge in [-0.1, -0.05) is 31.2 Å². The van der Waals surface area contributed by atoms with Crippen molar-refractivity contribution in [2.24, 2.45) is 0 Å². The Labute approximate surface area is 182 Å². The predicted molar refractivity (Wildman–Crippen MR) is 119 cm³/mol. The van der Waals surface area contributed by atoms with Crippen molar-refractivity contribution in [1.82, 2.24) is 4.98 Å². The number of ether oxygens (including phenoxy) is 1. The SMILES string of the molecule is CCCOc1ccc(/C=C(\C#N)C(=O)Nc2nc(-c3cccc([N+](=O)[O-])c3)cs2)cc1. The molecule has 3 rings (SSSR count). The van der Waals surface area contributed by atoms with Gasteiger partial charge in [0.25, 0.3) is 11.6 Å². The Morgan fingerprint density at radius 2 is 2.10 bits per heavy atom. The lowest BCUT2D eigenvalue weighted by Crippen LogP contribution is -2.13. The number of non-ortho nitro benzene ring substituents is 1. The fourth-order valence-corrected chi connectivity index (χ4v) is 3.32. The number of anilines is 1. The van der Waals surface area contributed by atoms with Crippen molar-refractivity contribution in [1.29, 1.82) is 5.26 Å². The van der Waals surface area contributed by atoms with E-state index in [-0.39, 0.29) is 16.4 Å². The molecule has 1 amide bonds. The van der Waals surface area contributed by atoms with Gasteiger partial charge in [-0.25, -0.2) is 4.98 Å². The number of carbonyl (C=O) groups excluding carboxylic acids is 1. The molecule has 156 valence electrons. The molecule has 0 unspecified atom stereocenters. The van der Waals surface area contributed by atoms with Gasteiger partial charge in [0.15, 0.2) is 5.13 Å². The van der Waals surface area contributed by atoms with E-state index in [9.17, 15) is 20.2 Å². The summed E-state index contributed by atoms with van der Waals surface area (Å²) in [5.41, 5.74) is 1.62. The summed E-state index contributed by atoms with van der Waals surface area (Å²) in [6, 6.07) is 15.1. The predicted octanol–water partition coefficient (Wildman–Crippen LogP) is 5.05. The van der Waals surface area contributed by atoms with Gasteiger partial charge < -0.3 is 4.74 Å². The van der Waals surface area contributed by atoms with Crippen LogP contribution in [-0.2, 0) is 4.79 Å². The molecule has 0 aliphatic carbocycles. The summed E-state index contributed by atoms with van der Waals surface area (Å²) < 4.78 is 5.52. The van der Waals surface area contributed by atoms with Crippen molar-refractivity contribution < 1.29 is 14.5 Å². The molecule has 9 heteroatoms. The fraction of sp³-hybridized carbons (Fsp3) is 0.136. The van der Waals surface area contributed by atoms with Crippen molar-refractivity contribution in [3.8, 4) is 23.1 Å². The Balaban J connectivity index is 1.71. The van der Waals surface area contributed by atoms with E-state index >= 15 is 0 Å². The number of carbonyl (C=O) groups is 1. The van der Waals surface area contributed by atoms with Gasteiger partial charge in [-0.3, -0.25) is 20.2 Å². The number of hydrogen-bond donors (Lipinski definition) is 1. The van der Waals surface area contributed by atoms with Crippen molar-refractivity contribution in [2.75, 3.05) is 11.9 Å². The number of nitrogens with zero attached hydrogens (tertiary/aromatic N) is 3. The molecule has 1 aromatic heterocycles. The smallest absolute Gasteiger partial charge is 0.270 e. The molecule has 0 bridgehead atoms. The molecular formula is C22H18N4O4S. The summed E-state index contributed by atoms with van der Waals surface area (Å²) in [6.45, 7) is 2.64. The first-order valence-electron chi connectivity index (χ1n) is 9.36. The van der Waals surface area contributed by atoms with E-state index in [1.807, 2.05) is 13.0 Å². The van der Waals surface area contributed by atoms with E-state index in [1.54, 1.807) is 41.8 Å². The van der Waals surface area contributed by atoms with E-state index in [2.05, 4.69) is 10.3 Å². The molecule has 0 spiro atoms. The van der Waals surface area contributed by atoms with Crippen LogP contribution in [0.15, 0.2) is 59.5 Å². The highest BCUT2D eigenvalue weighted by Gasteiger charge is 2.14. The molecule has 1 heterocycles. The molecule has 1 N–H and O–H groups in total. The summed E-state index contributed by atoms with van der Waals surface area (Å²) >= 11 is 1.16. The molecule has 0 aliphatic heterocycles. The first-order valence-corrected chi connectivity index (χ1v) is 10.2. The second kappa shape index (κ2) is 10.1. The van der Waals surface area contributed by atoms with Crippen LogP contribution >= 0.6 is 11.3 Å². The highest BCUT2D eigenvalue weighted by molar-refractivity contribution is 7.14. The zero-order valence-electron chi connectivity index (χ0n) is 16.6. The normalized spacial score (nSPS) is 10.9. The summed E-state index contributed by atoms with van der Waals surface area (Å²) in [5, 5.41) is 24.9.